The fourth-order valence-corrected chi connectivity index (χ4v) is 4.42. The van der Waals surface area contributed by atoms with Gasteiger partial charge in [-0.25, -0.2) is 9.18 Å². The number of anilines is 2. The summed E-state index contributed by atoms with van der Waals surface area (Å²) in [6.45, 7) is 0.0348. The molecule has 0 unspecified atom stereocenters. The zero-order valence-electron chi connectivity index (χ0n) is 17.3. The number of hydrogen-bond acceptors (Lipinski definition) is 3. The highest BCUT2D eigenvalue weighted by Crippen LogP contribution is 2.29. The van der Waals surface area contributed by atoms with Crippen LogP contribution in [0.15, 0.2) is 18.2 Å². The number of benzene rings is 1. The van der Waals surface area contributed by atoms with Crippen LogP contribution in [0.3, 0.4) is 0 Å². The summed E-state index contributed by atoms with van der Waals surface area (Å²) in [5.74, 6) is -0.416. The van der Waals surface area contributed by atoms with E-state index in [2.05, 4.69) is 10.6 Å². The lowest BCUT2D eigenvalue weighted by Crippen LogP contribution is -2.36. The molecule has 0 radical (unpaired) electrons. The van der Waals surface area contributed by atoms with Gasteiger partial charge in [-0.05, 0) is 49.9 Å². The van der Waals surface area contributed by atoms with Crippen LogP contribution in [0.2, 0.25) is 0 Å². The number of amides is 2. The molecule has 9 heteroatoms. The smallest absolute Gasteiger partial charge is 0.369 e. The molecule has 30 heavy (non-hydrogen) atoms. The monoisotopic (exact) mass is 430 g/mol. The number of likely N-dealkylation sites (tertiary alicyclic amines) is 1. The maximum atomic E-state index is 14.6. The van der Waals surface area contributed by atoms with Crippen molar-refractivity contribution in [2.75, 3.05) is 43.4 Å². The predicted molar refractivity (Wildman–Crippen MR) is 109 cm³/mol. The van der Waals surface area contributed by atoms with E-state index in [-0.39, 0.29) is 18.3 Å². The second-order valence-electron chi connectivity index (χ2n) is 8.41. The molecule has 1 heterocycles. The van der Waals surface area contributed by atoms with Gasteiger partial charge in [-0.15, -0.1) is 0 Å². The lowest BCUT2D eigenvalue weighted by atomic mass is 9.94. The van der Waals surface area contributed by atoms with E-state index in [0.29, 0.717) is 36.9 Å². The topological polar surface area (TPSA) is 47.6 Å². The van der Waals surface area contributed by atoms with Crippen LogP contribution < -0.4 is 15.5 Å². The predicted octanol–water partition coefficient (Wildman–Crippen LogP) is 4.60. The van der Waals surface area contributed by atoms with Gasteiger partial charge in [0, 0.05) is 31.9 Å². The van der Waals surface area contributed by atoms with Crippen molar-refractivity contribution in [1.29, 1.82) is 0 Å². The summed E-state index contributed by atoms with van der Waals surface area (Å²) in [7, 11) is 1.90. The van der Waals surface area contributed by atoms with Gasteiger partial charge in [-0.3, -0.25) is 4.90 Å². The summed E-state index contributed by atoms with van der Waals surface area (Å²) < 4.78 is 52.0. The van der Waals surface area contributed by atoms with Crippen molar-refractivity contribution >= 4 is 17.4 Å². The third kappa shape index (κ3) is 6.48. The first-order chi connectivity index (χ1) is 14.2. The third-order valence-corrected chi connectivity index (χ3v) is 6.03. The minimum atomic E-state index is -4.21. The van der Waals surface area contributed by atoms with Gasteiger partial charge in [-0.2, -0.15) is 13.2 Å². The summed E-state index contributed by atoms with van der Waals surface area (Å²) in [6, 6.07) is 4.48. The van der Waals surface area contributed by atoms with Crippen molar-refractivity contribution in [3.8, 4) is 0 Å². The number of urea groups is 1. The Labute approximate surface area is 174 Å². The minimum absolute atomic E-state index is 0.0265. The van der Waals surface area contributed by atoms with Crippen molar-refractivity contribution < 1.29 is 22.4 Å². The van der Waals surface area contributed by atoms with Gasteiger partial charge in [0.15, 0.2) is 0 Å². The molecule has 2 N–H and O–H groups in total. The molecule has 2 fully saturated rings. The normalized spacial score (nSPS) is 20.9. The van der Waals surface area contributed by atoms with Crippen molar-refractivity contribution in [2.24, 2.45) is 5.92 Å². The van der Waals surface area contributed by atoms with Crippen LogP contribution in [0.4, 0.5) is 33.7 Å². The summed E-state index contributed by atoms with van der Waals surface area (Å²) in [5.41, 5.74) is 0.861. The molecule has 1 aromatic rings. The van der Waals surface area contributed by atoms with Crippen LogP contribution in [0.1, 0.15) is 38.5 Å². The Bertz CT molecular complexity index is 721. The summed E-state index contributed by atoms with van der Waals surface area (Å²) in [6.07, 6.45) is 2.05. The van der Waals surface area contributed by atoms with Crippen LogP contribution in [0.25, 0.3) is 0 Å². The fraction of sp³-hybridized carbons (Fsp3) is 0.667. The summed E-state index contributed by atoms with van der Waals surface area (Å²) >= 11 is 0. The van der Waals surface area contributed by atoms with Crippen LogP contribution in [-0.4, -0.2) is 56.4 Å². The Balaban J connectivity index is 1.46. The molecule has 1 aliphatic carbocycles. The quantitative estimate of drug-likeness (QED) is 0.649. The molecule has 1 saturated heterocycles. The number of halogens is 4. The Hall–Kier alpha value is -2.03. The number of alkyl halides is 3. The standard InChI is InChI=1S/C21H30F4N4O/c1-28(17-5-3-2-4-6-17)19-8-7-16(11-18(19)22)27-20(30)26-12-15-9-10-29(13-15)14-21(23,24)25/h7-8,11,15,17H,2-6,9-10,12-14H2,1H3,(H2,26,27,30)/t15-/m0/s1. The van der Waals surface area contributed by atoms with E-state index in [1.54, 1.807) is 12.1 Å². The van der Waals surface area contributed by atoms with E-state index in [9.17, 15) is 22.4 Å². The number of hydrogen-bond donors (Lipinski definition) is 2. The van der Waals surface area contributed by atoms with Crippen molar-refractivity contribution in [3.05, 3.63) is 24.0 Å². The largest absolute Gasteiger partial charge is 0.401 e. The first-order valence-corrected chi connectivity index (χ1v) is 10.6. The van der Waals surface area contributed by atoms with Gasteiger partial charge >= 0.3 is 12.2 Å². The Morgan fingerprint density at radius 1 is 1.20 bits per heavy atom. The molecule has 0 bridgehead atoms. The molecule has 0 spiro atoms. The van der Waals surface area contributed by atoms with Crippen molar-refractivity contribution in [2.45, 2.75) is 50.7 Å². The highest BCUT2D eigenvalue weighted by molar-refractivity contribution is 5.89. The summed E-state index contributed by atoms with van der Waals surface area (Å²) in [5, 5.41) is 5.27. The number of carbonyl (C=O) groups is 1. The van der Waals surface area contributed by atoms with Gasteiger partial charge in [0.05, 0.1) is 12.2 Å². The minimum Gasteiger partial charge on any atom is -0.369 e. The SMILES string of the molecule is CN(c1ccc(NC(=O)NC[C@@H]2CCN(CC(F)(F)F)C2)cc1F)C1CCCCC1. The molecule has 168 valence electrons. The molecule has 1 aromatic carbocycles. The lowest BCUT2D eigenvalue weighted by Gasteiger charge is -2.33. The first-order valence-electron chi connectivity index (χ1n) is 10.6. The van der Waals surface area contributed by atoms with E-state index >= 15 is 0 Å². The number of rotatable bonds is 6. The highest BCUT2D eigenvalue weighted by atomic mass is 19.4. The maximum absolute atomic E-state index is 14.6. The molecule has 3 rings (SSSR count). The second-order valence-corrected chi connectivity index (χ2v) is 8.41. The Morgan fingerprint density at radius 3 is 2.60 bits per heavy atom. The van der Waals surface area contributed by atoms with Crippen molar-refractivity contribution in [1.82, 2.24) is 10.2 Å². The zero-order valence-corrected chi connectivity index (χ0v) is 17.3. The third-order valence-electron chi connectivity index (χ3n) is 6.03. The average Bonchev–Trinajstić information content (AvgIpc) is 3.12. The molecule has 2 aliphatic rings. The van der Waals surface area contributed by atoms with E-state index in [0.717, 1.165) is 25.7 Å². The van der Waals surface area contributed by atoms with Crippen LogP contribution in [0.5, 0.6) is 0 Å². The Morgan fingerprint density at radius 2 is 1.93 bits per heavy atom. The zero-order chi connectivity index (χ0) is 21.7. The highest BCUT2D eigenvalue weighted by Gasteiger charge is 2.34. The first kappa shape index (κ1) is 22.7. The second kappa shape index (κ2) is 9.85. The van der Waals surface area contributed by atoms with E-state index in [1.165, 1.54) is 17.4 Å². The van der Waals surface area contributed by atoms with E-state index < -0.39 is 18.8 Å². The van der Waals surface area contributed by atoms with Gasteiger partial charge in [0.1, 0.15) is 5.82 Å². The van der Waals surface area contributed by atoms with Gasteiger partial charge in [0.25, 0.3) is 0 Å². The molecular weight excluding hydrogens is 400 g/mol. The number of nitrogens with zero attached hydrogens (tertiary/aromatic N) is 2. The van der Waals surface area contributed by atoms with Gasteiger partial charge in [0.2, 0.25) is 0 Å². The molecule has 0 aromatic heterocycles. The molecule has 1 atom stereocenters. The maximum Gasteiger partial charge on any atom is 0.401 e. The van der Waals surface area contributed by atoms with E-state index in [1.807, 2.05) is 11.9 Å². The molecule has 5 nitrogen and oxygen atoms in total. The Kier molecular flexibility index (Phi) is 7.44. The molecule has 1 saturated carbocycles. The lowest BCUT2D eigenvalue weighted by molar-refractivity contribution is -0.143. The van der Waals surface area contributed by atoms with Crippen LogP contribution in [0, 0.1) is 11.7 Å². The molecule has 1 aliphatic heterocycles. The van der Waals surface area contributed by atoms with Crippen LogP contribution in [-0.2, 0) is 0 Å². The number of carbonyl (C=O) groups excluding carboxylic acids is 1. The number of nitrogens with one attached hydrogen (secondary N) is 2. The summed E-state index contributed by atoms with van der Waals surface area (Å²) in [4.78, 5) is 15.4. The van der Waals surface area contributed by atoms with Crippen LogP contribution >= 0.6 is 0 Å². The average molecular weight is 430 g/mol. The molecule has 2 amide bonds. The molecular formula is C21H30F4N4O. The van der Waals surface area contributed by atoms with E-state index in [4.69, 9.17) is 0 Å². The van der Waals surface area contributed by atoms with Gasteiger partial charge in [-0.1, -0.05) is 19.3 Å². The van der Waals surface area contributed by atoms with Crippen molar-refractivity contribution in [3.63, 3.8) is 0 Å². The fourth-order valence-electron chi connectivity index (χ4n) is 4.42. The van der Waals surface area contributed by atoms with Gasteiger partial charge < -0.3 is 15.5 Å².